The minimum atomic E-state index is -0.414. The van der Waals surface area contributed by atoms with Gasteiger partial charge in [0, 0.05) is 25.2 Å². The van der Waals surface area contributed by atoms with Crippen molar-refractivity contribution >= 4 is 27.5 Å². The Kier molecular flexibility index (Phi) is 6.75. The van der Waals surface area contributed by atoms with Gasteiger partial charge in [-0.25, -0.2) is 0 Å². The third kappa shape index (κ3) is 4.58. The normalized spacial score (nSPS) is 13.8. The maximum absolute atomic E-state index is 13.4. The number of carbonyl (C=O) groups excluding carboxylic acids is 1. The van der Waals surface area contributed by atoms with Crippen LogP contribution in [0.4, 0.5) is 5.69 Å². The zero-order chi connectivity index (χ0) is 25.5. The van der Waals surface area contributed by atoms with Gasteiger partial charge < -0.3 is 33.0 Å². The van der Waals surface area contributed by atoms with E-state index in [0.717, 1.165) is 16.7 Å². The molecule has 186 valence electrons. The lowest BCUT2D eigenvalue weighted by molar-refractivity contribution is -0.00795. The summed E-state index contributed by atoms with van der Waals surface area (Å²) in [6.45, 7) is 6.57. The van der Waals surface area contributed by atoms with E-state index in [1.165, 1.54) is 19.1 Å². The topological polar surface area (TPSA) is 79.6 Å². The summed E-state index contributed by atoms with van der Waals surface area (Å²) in [7, 11) is 6.17. The van der Waals surface area contributed by atoms with Gasteiger partial charge in [-0.15, -0.1) is 0 Å². The number of methoxy groups -OCH3 is 3. The van der Waals surface area contributed by atoms with Crippen LogP contribution in [0, 0.1) is 6.92 Å². The van der Waals surface area contributed by atoms with Crippen LogP contribution in [0.15, 0.2) is 39.2 Å². The Morgan fingerprint density at radius 2 is 1.66 bits per heavy atom. The predicted molar refractivity (Wildman–Crippen MR) is 134 cm³/mol. The van der Waals surface area contributed by atoms with E-state index in [1.54, 1.807) is 32.4 Å². The minimum absolute atomic E-state index is 0.0803. The summed E-state index contributed by atoms with van der Waals surface area (Å²) >= 11 is 3.45. The maximum Gasteiger partial charge on any atom is 0.305 e. The smallest absolute Gasteiger partial charge is 0.305 e. The summed E-state index contributed by atoms with van der Waals surface area (Å²) in [4.78, 5) is 14.8. The monoisotopic (exact) mass is 545 g/mol. The third-order valence-corrected chi connectivity index (χ3v) is 6.59. The first kappa shape index (κ1) is 24.9. The van der Waals surface area contributed by atoms with Crippen molar-refractivity contribution in [3.8, 4) is 28.9 Å². The number of carbonyl (C=O) groups is 1. The van der Waals surface area contributed by atoms with Gasteiger partial charge in [-0.3, -0.25) is 4.79 Å². The zero-order valence-corrected chi connectivity index (χ0v) is 22.4. The summed E-state index contributed by atoms with van der Waals surface area (Å²) < 4.78 is 34.6. The molecule has 4 rings (SSSR count). The van der Waals surface area contributed by atoms with Gasteiger partial charge in [0.15, 0.2) is 5.76 Å². The van der Waals surface area contributed by atoms with Gasteiger partial charge in [-0.05, 0) is 65.5 Å². The number of nitrogens with zero attached hydrogens (tertiary/aromatic N) is 1. The second kappa shape index (κ2) is 9.47. The average molecular weight is 546 g/mol. The van der Waals surface area contributed by atoms with Gasteiger partial charge in [0.05, 0.1) is 33.5 Å². The Hall–Kier alpha value is -3.17. The van der Waals surface area contributed by atoms with Crippen LogP contribution in [0.2, 0.25) is 0 Å². The van der Waals surface area contributed by atoms with Crippen LogP contribution < -0.4 is 23.8 Å². The predicted octanol–water partition coefficient (Wildman–Crippen LogP) is 6.21. The Morgan fingerprint density at radius 3 is 2.26 bits per heavy atom. The van der Waals surface area contributed by atoms with Gasteiger partial charge in [0.1, 0.15) is 33.2 Å². The molecule has 0 bridgehead atoms. The second-order valence-corrected chi connectivity index (χ2v) is 9.52. The highest BCUT2D eigenvalue weighted by Crippen LogP contribution is 2.44. The Morgan fingerprint density at radius 1 is 1.00 bits per heavy atom. The largest absolute Gasteiger partial charge is 0.496 e. The SMILES string of the molecule is COc1cc(OC)c(N(C)C(=O)c2cc(Br)c(Oc3cc4c(cc3C)COC4(C)C)o2)c(OC)c1. The number of ether oxygens (including phenoxy) is 5. The van der Waals surface area contributed by atoms with Crippen molar-refractivity contribution in [2.24, 2.45) is 0 Å². The molecule has 1 aliphatic heterocycles. The van der Waals surface area contributed by atoms with Crippen LogP contribution in [0.3, 0.4) is 0 Å². The molecule has 0 saturated heterocycles. The lowest BCUT2D eigenvalue weighted by Gasteiger charge is -2.22. The molecule has 0 fully saturated rings. The van der Waals surface area contributed by atoms with Crippen LogP contribution in [0.1, 0.15) is 41.1 Å². The highest BCUT2D eigenvalue weighted by atomic mass is 79.9. The molecule has 0 spiro atoms. The molecule has 1 amide bonds. The van der Waals surface area contributed by atoms with Crippen molar-refractivity contribution in [1.29, 1.82) is 0 Å². The van der Waals surface area contributed by atoms with E-state index in [-0.39, 0.29) is 11.7 Å². The molecule has 9 heteroatoms. The summed E-state index contributed by atoms with van der Waals surface area (Å²) in [6.07, 6.45) is 0. The van der Waals surface area contributed by atoms with Gasteiger partial charge in [0.2, 0.25) is 0 Å². The van der Waals surface area contributed by atoms with Crippen LogP contribution in [-0.2, 0) is 16.9 Å². The van der Waals surface area contributed by atoms with Gasteiger partial charge in [-0.2, -0.15) is 0 Å². The fraction of sp³-hybridized carbons (Fsp3) is 0.346. The molecule has 2 heterocycles. The number of hydrogen-bond donors (Lipinski definition) is 0. The maximum atomic E-state index is 13.4. The Labute approximate surface area is 212 Å². The summed E-state index contributed by atoms with van der Waals surface area (Å²) in [5.41, 5.74) is 3.18. The summed E-state index contributed by atoms with van der Waals surface area (Å²) in [5, 5.41) is 0. The first-order chi connectivity index (χ1) is 16.6. The molecule has 0 aliphatic carbocycles. The number of aryl methyl sites for hydroxylation is 1. The number of amides is 1. The number of halogens is 1. The van der Waals surface area contributed by atoms with Crippen LogP contribution >= 0.6 is 15.9 Å². The number of rotatable bonds is 7. The van der Waals surface area contributed by atoms with E-state index < -0.39 is 11.5 Å². The van der Waals surface area contributed by atoms with Crippen LogP contribution in [0.5, 0.6) is 28.9 Å². The quantitative estimate of drug-likeness (QED) is 0.349. The summed E-state index contributed by atoms with van der Waals surface area (Å²) in [5.74, 6) is 1.84. The molecule has 1 aliphatic rings. The number of hydrogen-bond acceptors (Lipinski definition) is 7. The molecular formula is C26H28BrNO7. The molecule has 2 aromatic carbocycles. The van der Waals surface area contributed by atoms with Gasteiger partial charge in [0.25, 0.3) is 5.91 Å². The van der Waals surface area contributed by atoms with Gasteiger partial charge in [-0.1, -0.05) is 0 Å². The lowest BCUT2D eigenvalue weighted by Crippen LogP contribution is -2.26. The van der Waals surface area contributed by atoms with Crippen molar-refractivity contribution in [2.45, 2.75) is 33.0 Å². The van der Waals surface area contributed by atoms with E-state index >= 15 is 0 Å². The first-order valence-corrected chi connectivity index (χ1v) is 11.7. The van der Waals surface area contributed by atoms with E-state index in [4.69, 9.17) is 28.1 Å². The third-order valence-electron chi connectivity index (χ3n) is 6.04. The molecule has 35 heavy (non-hydrogen) atoms. The van der Waals surface area contributed by atoms with E-state index in [2.05, 4.69) is 22.0 Å². The molecule has 0 radical (unpaired) electrons. The lowest BCUT2D eigenvalue weighted by atomic mass is 9.94. The van der Waals surface area contributed by atoms with Gasteiger partial charge >= 0.3 is 5.95 Å². The van der Waals surface area contributed by atoms with Crippen molar-refractivity contribution in [3.05, 3.63) is 57.3 Å². The standard InChI is InChI=1S/C26H28BrNO7/c1-14-8-15-13-33-26(2,3)17(15)11-19(14)34-25-18(27)12-22(35-25)24(29)28(4)23-20(31-6)9-16(30-5)10-21(23)32-7/h8-12H,13H2,1-7H3. The Bertz CT molecular complexity index is 1260. The molecule has 0 unspecified atom stereocenters. The highest BCUT2D eigenvalue weighted by molar-refractivity contribution is 9.10. The molecule has 0 saturated carbocycles. The number of anilines is 1. The average Bonchev–Trinajstić information content (AvgIpc) is 3.35. The van der Waals surface area contributed by atoms with E-state index in [0.29, 0.717) is 39.8 Å². The fourth-order valence-electron chi connectivity index (χ4n) is 4.09. The first-order valence-electron chi connectivity index (χ1n) is 10.9. The van der Waals surface area contributed by atoms with Crippen molar-refractivity contribution in [1.82, 2.24) is 0 Å². The zero-order valence-electron chi connectivity index (χ0n) is 20.8. The molecule has 0 N–H and O–H groups in total. The second-order valence-electron chi connectivity index (χ2n) is 8.67. The van der Waals surface area contributed by atoms with Crippen LogP contribution in [0.25, 0.3) is 0 Å². The fourth-order valence-corrected chi connectivity index (χ4v) is 4.46. The van der Waals surface area contributed by atoms with E-state index in [1.807, 2.05) is 26.8 Å². The minimum Gasteiger partial charge on any atom is -0.496 e. The van der Waals surface area contributed by atoms with E-state index in [9.17, 15) is 4.79 Å². The van der Waals surface area contributed by atoms with Crippen molar-refractivity contribution in [2.75, 3.05) is 33.3 Å². The summed E-state index contributed by atoms with van der Waals surface area (Å²) in [6, 6.07) is 8.95. The molecule has 3 aromatic rings. The number of benzene rings is 2. The highest BCUT2D eigenvalue weighted by Gasteiger charge is 2.32. The Balaban J connectivity index is 1.64. The molecular weight excluding hydrogens is 518 g/mol. The molecule has 8 nitrogen and oxygen atoms in total. The van der Waals surface area contributed by atoms with Crippen molar-refractivity contribution < 1.29 is 32.9 Å². The van der Waals surface area contributed by atoms with Crippen LogP contribution in [-0.4, -0.2) is 34.3 Å². The number of furan rings is 1. The number of fused-ring (bicyclic) bond motifs is 1. The molecule has 1 aromatic heterocycles. The molecule has 0 atom stereocenters. The van der Waals surface area contributed by atoms with Crippen molar-refractivity contribution in [3.63, 3.8) is 0 Å².